The molecule has 1 heterocycles. The highest BCUT2D eigenvalue weighted by molar-refractivity contribution is 5.34. The highest BCUT2D eigenvalue weighted by atomic mass is 16.6. The Morgan fingerprint density at radius 2 is 2.33 bits per heavy atom. The summed E-state index contributed by atoms with van der Waals surface area (Å²) in [6.45, 7) is 4.19. The lowest BCUT2D eigenvalue weighted by atomic mass is 9.97. The maximum absolute atomic E-state index is 10.8. The van der Waals surface area contributed by atoms with Crippen LogP contribution in [0.1, 0.15) is 12.5 Å². The maximum atomic E-state index is 10.8. The molecule has 0 aliphatic carbocycles. The molecule has 5 nitrogen and oxygen atoms in total. The first-order chi connectivity index (χ1) is 8.58. The van der Waals surface area contributed by atoms with E-state index in [9.17, 15) is 10.1 Å². The number of benzene rings is 1. The Bertz CT molecular complexity index is 426. The smallest absolute Gasteiger partial charge is 0.269 e. The number of hydrogen-bond acceptors (Lipinski definition) is 4. The van der Waals surface area contributed by atoms with Gasteiger partial charge in [0.15, 0.2) is 0 Å². The zero-order valence-electron chi connectivity index (χ0n) is 10.8. The van der Waals surface area contributed by atoms with E-state index in [1.54, 1.807) is 12.1 Å². The largest absolute Gasteiger partial charge is 0.311 e. The number of likely N-dealkylation sites (N-methyl/N-ethyl adjacent to an activating group) is 1. The second-order valence-electron chi connectivity index (χ2n) is 4.92. The minimum absolute atomic E-state index is 0.173. The zero-order valence-corrected chi connectivity index (χ0v) is 10.8. The van der Waals surface area contributed by atoms with Crippen LogP contribution in [0.2, 0.25) is 0 Å². The summed E-state index contributed by atoms with van der Waals surface area (Å²) in [6.07, 6.45) is 0.840. The minimum atomic E-state index is -0.338. The lowest BCUT2D eigenvalue weighted by molar-refractivity contribution is -0.384. The van der Waals surface area contributed by atoms with Gasteiger partial charge in [-0.1, -0.05) is 12.1 Å². The second kappa shape index (κ2) is 5.46. The van der Waals surface area contributed by atoms with Crippen LogP contribution in [-0.2, 0) is 6.42 Å². The van der Waals surface area contributed by atoms with Crippen LogP contribution in [0.15, 0.2) is 24.3 Å². The van der Waals surface area contributed by atoms with E-state index in [1.807, 2.05) is 6.07 Å². The van der Waals surface area contributed by atoms with E-state index in [2.05, 4.69) is 24.2 Å². The number of piperazine rings is 1. The molecule has 1 N–H and O–H groups in total. The van der Waals surface area contributed by atoms with Gasteiger partial charge in [0.2, 0.25) is 0 Å². The van der Waals surface area contributed by atoms with E-state index >= 15 is 0 Å². The highest BCUT2D eigenvalue weighted by Crippen LogP contribution is 2.18. The molecule has 0 bridgehead atoms. The molecule has 18 heavy (non-hydrogen) atoms. The normalized spacial score (nSPS) is 25.0. The summed E-state index contributed by atoms with van der Waals surface area (Å²) in [5, 5.41) is 14.2. The molecule has 0 aromatic heterocycles. The molecule has 0 amide bonds. The van der Waals surface area contributed by atoms with Crippen LogP contribution in [-0.4, -0.2) is 42.0 Å². The minimum Gasteiger partial charge on any atom is -0.311 e. The molecule has 1 aliphatic rings. The summed E-state index contributed by atoms with van der Waals surface area (Å²) in [6, 6.07) is 7.73. The summed E-state index contributed by atoms with van der Waals surface area (Å²) < 4.78 is 0. The van der Waals surface area contributed by atoms with Crippen molar-refractivity contribution in [2.75, 3.05) is 20.1 Å². The number of hydrogen-bond donors (Lipinski definition) is 1. The van der Waals surface area contributed by atoms with Gasteiger partial charge in [0, 0.05) is 37.3 Å². The molecule has 0 spiro atoms. The van der Waals surface area contributed by atoms with Gasteiger partial charge in [-0.2, -0.15) is 0 Å². The number of rotatable bonds is 3. The first-order valence-corrected chi connectivity index (χ1v) is 6.25. The van der Waals surface area contributed by atoms with Crippen LogP contribution in [0.25, 0.3) is 0 Å². The Labute approximate surface area is 107 Å². The molecule has 1 aromatic rings. The van der Waals surface area contributed by atoms with Crippen LogP contribution >= 0.6 is 0 Å². The van der Waals surface area contributed by atoms with E-state index in [1.165, 1.54) is 6.07 Å². The topological polar surface area (TPSA) is 58.4 Å². The third kappa shape index (κ3) is 2.86. The first kappa shape index (κ1) is 13.0. The van der Waals surface area contributed by atoms with Crippen molar-refractivity contribution in [1.29, 1.82) is 0 Å². The molecule has 2 unspecified atom stereocenters. The summed E-state index contributed by atoms with van der Waals surface area (Å²) in [7, 11) is 2.11. The van der Waals surface area contributed by atoms with E-state index in [4.69, 9.17) is 0 Å². The molecule has 5 heteroatoms. The predicted octanol–water partition coefficient (Wildman–Crippen LogP) is 1.43. The Kier molecular flexibility index (Phi) is 3.93. The Morgan fingerprint density at radius 1 is 1.56 bits per heavy atom. The number of nitro benzene ring substituents is 1. The van der Waals surface area contributed by atoms with Crippen LogP contribution < -0.4 is 5.32 Å². The number of non-ortho nitro benzene ring substituents is 1. The SMILES string of the molecule is CC1NCCN(C)C1Cc1cccc([N+](=O)[O-])c1. The fourth-order valence-corrected chi connectivity index (χ4v) is 2.52. The van der Waals surface area contributed by atoms with Crippen molar-refractivity contribution < 1.29 is 4.92 Å². The fraction of sp³-hybridized carbons (Fsp3) is 0.538. The van der Waals surface area contributed by atoms with Crippen LogP contribution in [0, 0.1) is 10.1 Å². The lowest BCUT2D eigenvalue weighted by Crippen LogP contribution is -2.55. The molecule has 1 fully saturated rings. The molecule has 1 saturated heterocycles. The van der Waals surface area contributed by atoms with E-state index in [0.717, 1.165) is 25.1 Å². The van der Waals surface area contributed by atoms with Gasteiger partial charge in [0.1, 0.15) is 0 Å². The van der Waals surface area contributed by atoms with Gasteiger partial charge in [-0.15, -0.1) is 0 Å². The third-order valence-corrected chi connectivity index (χ3v) is 3.64. The monoisotopic (exact) mass is 249 g/mol. The molecular weight excluding hydrogens is 230 g/mol. The van der Waals surface area contributed by atoms with Crippen LogP contribution in [0.3, 0.4) is 0 Å². The fourth-order valence-electron chi connectivity index (χ4n) is 2.52. The number of nitrogens with one attached hydrogen (secondary N) is 1. The Balaban J connectivity index is 2.12. The van der Waals surface area contributed by atoms with Crippen molar-refractivity contribution in [3.8, 4) is 0 Å². The zero-order chi connectivity index (χ0) is 13.1. The van der Waals surface area contributed by atoms with Crippen LogP contribution in [0.5, 0.6) is 0 Å². The summed E-state index contributed by atoms with van der Waals surface area (Å²) in [5.74, 6) is 0. The summed E-state index contributed by atoms with van der Waals surface area (Å²) >= 11 is 0. The summed E-state index contributed by atoms with van der Waals surface area (Å²) in [5.41, 5.74) is 1.20. The maximum Gasteiger partial charge on any atom is 0.269 e. The van der Waals surface area contributed by atoms with Gasteiger partial charge < -0.3 is 10.2 Å². The number of nitro groups is 1. The average molecular weight is 249 g/mol. The van der Waals surface area contributed by atoms with Crippen molar-refractivity contribution in [3.05, 3.63) is 39.9 Å². The number of nitrogens with zero attached hydrogens (tertiary/aromatic N) is 2. The molecule has 1 aliphatic heterocycles. The van der Waals surface area contributed by atoms with Crippen molar-refractivity contribution in [3.63, 3.8) is 0 Å². The van der Waals surface area contributed by atoms with Gasteiger partial charge >= 0.3 is 0 Å². The van der Waals surface area contributed by atoms with Crippen molar-refractivity contribution in [2.45, 2.75) is 25.4 Å². The quantitative estimate of drug-likeness (QED) is 0.650. The highest BCUT2D eigenvalue weighted by Gasteiger charge is 2.25. The Hall–Kier alpha value is -1.46. The average Bonchev–Trinajstić information content (AvgIpc) is 2.34. The lowest BCUT2D eigenvalue weighted by Gasteiger charge is -2.38. The molecule has 98 valence electrons. The van der Waals surface area contributed by atoms with Gasteiger partial charge in [-0.25, -0.2) is 0 Å². The Morgan fingerprint density at radius 3 is 3.00 bits per heavy atom. The standard InChI is InChI=1S/C13H19N3O2/c1-10-13(15(2)7-6-14-10)9-11-4-3-5-12(8-11)16(17)18/h3-5,8,10,13-14H,6-7,9H2,1-2H3. The molecule has 2 atom stereocenters. The molecule has 1 aromatic carbocycles. The third-order valence-electron chi connectivity index (χ3n) is 3.64. The van der Waals surface area contributed by atoms with Gasteiger partial charge in [-0.05, 0) is 26.0 Å². The van der Waals surface area contributed by atoms with Crippen molar-refractivity contribution in [1.82, 2.24) is 10.2 Å². The van der Waals surface area contributed by atoms with E-state index in [0.29, 0.717) is 12.1 Å². The molecule has 2 rings (SSSR count). The van der Waals surface area contributed by atoms with Crippen LogP contribution in [0.4, 0.5) is 5.69 Å². The van der Waals surface area contributed by atoms with Crippen molar-refractivity contribution >= 4 is 5.69 Å². The molecule has 0 radical (unpaired) electrons. The predicted molar refractivity (Wildman–Crippen MR) is 70.7 cm³/mol. The first-order valence-electron chi connectivity index (χ1n) is 6.25. The van der Waals surface area contributed by atoms with E-state index in [-0.39, 0.29) is 10.6 Å². The van der Waals surface area contributed by atoms with Gasteiger partial charge in [0.05, 0.1) is 4.92 Å². The van der Waals surface area contributed by atoms with E-state index < -0.39 is 0 Å². The molecular formula is C13H19N3O2. The molecule has 0 saturated carbocycles. The summed E-state index contributed by atoms with van der Waals surface area (Å²) in [4.78, 5) is 12.7. The van der Waals surface area contributed by atoms with Crippen molar-refractivity contribution in [2.24, 2.45) is 0 Å². The van der Waals surface area contributed by atoms with Gasteiger partial charge in [0.25, 0.3) is 5.69 Å². The van der Waals surface area contributed by atoms with Gasteiger partial charge in [-0.3, -0.25) is 10.1 Å². The second-order valence-corrected chi connectivity index (χ2v) is 4.92.